The van der Waals surface area contributed by atoms with E-state index in [1.54, 1.807) is 0 Å². The van der Waals surface area contributed by atoms with Crippen molar-refractivity contribution in [2.75, 3.05) is 13.1 Å². The average Bonchev–Trinajstić information content (AvgIpc) is 3.08. The highest BCUT2D eigenvalue weighted by molar-refractivity contribution is 5.84. The van der Waals surface area contributed by atoms with E-state index in [0.29, 0.717) is 18.9 Å². The molecule has 6 nitrogen and oxygen atoms in total. The van der Waals surface area contributed by atoms with Crippen LogP contribution in [0.15, 0.2) is 30.6 Å². The number of aryl methyl sites for hydroxylation is 1. The van der Waals surface area contributed by atoms with Crippen molar-refractivity contribution >= 4 is 22.8 Å². The highest BCUT2D eigenvalue weighted by Gasteiger charge is 2.17. The number of rotatable bonds is 8. The molecule has 1 heterocycles. The summed E-state index contributed by atoms with van der Waals surface area (Å²) in [5, 5.41) is 5.61. The van der Waals surface area contributed by atoms with Gasteiger partial charge in [0.2, 0.25) is 11.8 Å². The molecule has 1 aliphatic rings. The number of fused-ring (bicyclic) bond motifs is 1. The number of aromatic nitrogens is 2. The molecule has 26 heavy (non-hydrogen) atoms. The van der Waals surface area contributed by atoms with E-state index in [2.05, 4.69) is 20.2 Å². The third-order valence-electron chi connectivity index (χ3n) is 5.07. The first-order valence-corrected chi connectivity index (χ1v) is 9.65. The van der Waals surface area contributed by atoms with E-state index >= 15 is 0 Å². The van der Waals surface area contributed by atoms with Crippen LogP contribution in [0, 0.1) is 5.92 Å². The maximum absolute atomic E-state index is 11.9. The number of amides is 2. The molecule has 0 atom stereocenters. The topological polar surface area (TPSA) is 76.0 Å². The van der Waals surface area contributed by atoms with Crippen molar-refractivity contribution in [3.05, 3.63) is 30.6 Å². The van der Waals surface area contributed by atoms with Crippen LogP contribution in [0.25, 0.3) is 11.0 Å². The maximum atomic E-state index is 11.9. The van der Waals surface area contributed by atoms with Gasteiger partial charge in [0.15, 0.2) is 0 Å². The molecule has 2 amide bonds. The number of benzene rings is 1. The Labute approximate surface area is 154 Å². The van der Waals surface area contributed by atoms with Crippen LogP contribution < -0.4 is 10.6 Å². The zero-order chi connectivity index (χ0) is 18.2. The number of hydrogen-bond acceptors (Lipinski definition) is 3. The highest BCUT2D eigenvalue weighted by atomic mass is 16.2. The molecular weight excluding hydrogens is 328 g/mol. The molecule has 2 aromatic rings. The highest BCUT2D eigenvalue weighted by Crippen LogP contribution is 2.25. The van der Waals surface area contributed by atoms with Gasteiger partial charge < -0.3 is 15.2 Å². The summed E-state index contributed by atoms with van der Waals surface area (Å²) < 4.78 is 2.09. The van der Waals surface area contributed by atoms with Crippen LogP contribution in [-0.4, -0.2) is 34.5 Å². The van der Waals surface area contributed by atoms with Gasteiger partial charge in [-0.05, 0) is 37.3 Å². The lowest BCUT2D eigenvalue weighted by molar-refractivity contribution is -0.126. The lowest BCUT2D eigenvalue weighted by Crippen LogP contribution is -2.38. The van der Waals surface area contributed by atoms with Gasteiger partial charge in [-0.3, -0.25) is 9.59 Å². The van der Waals surface area contributed by atoms with E-state index < -0.39 is 0 Å². The molecule has 6 heteroatoms. The zero-order valence-electron chi connectivity index (χ0n) is 15.2. The first-order valence-electron chi connectivity index (χ1n) is 9.65. The minimum Gasteiger partial charge on any atom is -0.355 e. The summed E-state index contributed by atoms with van der Waals surface area (Å²) in [4.78, 5) is 28.1. The summed E-state index contributed by atoms with van der Waals surface area (Å²) in [5.41, 5.74) is 2.09. The number of nitrogens with one attached hydrogen (secondary N) is 2. The first kappa shape index (κ1) is 18.4. The molecule has 2 N–H and O–H groups in total. The van der Waals surface area contributed by atoms with E-state index in [-0.39, 0.29) is 18.4 Å². The minimum absolute atomic E-state index is 0.00284. The number of carbonyl (C=O) groups is 2. The van der Waals surface area contributed by atoms with Crippen molar-refractivity contribution < 1.29 is 9.59 Å². The normalized spacial score (nSPS) is 15.1. The predicted octanol–water partition coefficient (Wildman–Crippen LogP) is 2.63. The van der Waals surface area contributed by atoms with Crippen LogP contribution in [0.4, 0.5) is 0 Å². The fourth-order valence-corrected chi connectivity index (χ4v) is 3.63. The maximum Gasteiger partial charge on any atom is 0.239 e. The van der Waals surface area contributed by atoms with E-state index in [4.69, 9.17) is 0 Å². The molecular formula is C20H28N4O2. The van der Waals surface area contributed by atoms with E-state index in [0.717, 1.165) is 36.8 Å². The van der Waals surface area contributed by atoms with Gasteiger partial charge in [0, 0.05) is 19.5 Å². The molecule has 3 rings (SSSR count). The van der Waals surface area contributed by atoms with Crippen molar-refractivity contribution in [3.8, 4) is 0 Å². The lowest BCUT2D eigenvalue weighted by Gasteiger charge is -2.20. The van der Waals surface area contributed by atoms with Crippen molar-refractivity contribution in [3.63, 3.8) is 0 Å². The number of nitrogens with zero attached hydrogens (tertiary/aromatic N) is 2. The fraction of sp³-hybridized carbons (Fsp3) is 0.550. The number of hydrogen-bond donors (Lipinski definition) is 2. The molecule has 0 saturated heterocycles. The Balaban J connectivity index is 1.29. The third-order valence-corrected chi connectivity index (χ3v) is 5.07. The lowest BCUT2D eigenvalue weighted by atomic mass is 9.87. The summed E-state index contributed by atoms with van der Waals surface area (Å²) in [7, 11) is 0. The smallest absolute Gasteiger partial charge is 0.239 e. The molecule has 0 bridgehead atoms. The summed E-state index contributed by atoms with van der Waals surface area (Å²) >= 11 is 0. The molecule has 0 spiro atoms. The predicted molar refractivity (Wildman–Crippen MR) is 102 cm³/mol. The molecule has 1 aliphatic carbocycles. The average molecular weight is 356 g/mol. The summed E-state index contributed by atoms with van der Waals surface area (Å²) in [6.07, 6.45) is 9.23. The second-order valence-electron chi connectivity index (χ2n) is 7.12. The van der Waals surface area contributed by atoms with Crippen LogP contribution in [-0.2, 0) is 16.1 Å². The first-order chi connectivity index (χ1) is 12.7. The standard InChI is InChI=1S/C20H28N4O2/c25-19(13-16-7-2-1-3-8-16)22-14-20(26)21-11-6-12-24-15-23-17-9-4-5-10-18(17)24/h4-5,9-10,15-16H,1-3,6-8,11-14H2,(H,21,26)(H,22,25). The van der Waals surface area contributed by atoms with Gasteiger partial charge in [0.1, 0.15) is 0 Å². The number of para-hydroxylation sites is 2. The number of carbonyl (C=O) groups excluding carboxylic acids is 2. The Kier molecular flexibility index (Phi) is 6.63. The second-order valence-corrected chi connectivity index (χ2v) is 7.12. The van der Waals surface area contributed by atoms with Gasteiger partial charge in [-0.2, -0.15) is 0 Å². The van der Waals surface area contributed by atoms with E-state index in [1.807, 2.05) is 30.6 Å². The van der Waals surface area contributed by atoms with Gasteiger partial charge in [-0.1, -0.05) is 31.4 Å². The summed E-state index contributed by atoms with van der Waals surface area (Å²) in [6.45, 7) is 1.46. The molecule has 140 valence electrons. The largest absolute Gasteiger partial charge is 0.355 e. The quantitative estimate of drug-likeness (QED) is 0.714. The number of imidazole rings is 1. The fourth-order valence-electron chi connectivity index (χ4n) is 3.63. The monoisotopic (exact) mass is 356 g/mol. The molecule has 0 aliphatic heterocycles. The van der Waals surface area contributed by atoms with Crippen molar-refractivity contribution in [2.45, 2.75) is 51.5 Å². The van der Waals surface area contributed by atoms with Crippen LogP contribution in [0.3, 0.4) is 0 Å². The molecule has 1 saturated carbocycles. The van der Waals surface area contributed by atoms with Crippen LogP contribution in [0.2, 0.25) is 0 Å². The molecule has 1 fully saturated rings. The molecule has 1 aromatic heterocycles. The SMILES string of the molecule is O=C(CNC(=O)CC1CCCCC1)NCCCn1cnc2ccccc21. The molecule has 1 aromatic carbocycles. The van der Waals surface area contributed by atoms with Crippen LogP contribution >= 0.6 is 0 Å². The van der Waals surface area contributed by atoms with Gasteiger partial charge in [0.05, 0.1) is 23.9 Å². The Morgan fingerprint density at radius 3 is 2.73 bits per heavy atom. The second kappa shape index (κ2) is 9.36. The van der Waals surface area contributed by atoms with Crippen molar-refractivity contribution in [2.24, 2.45) is 5.92 Å². The minimum atomic E-state index is -0.127. The summed E-state index contributed by atoms with van der Waals surface area (Å²) in [6, 6.07) is 8.01. The third kappa shape index (κ3) is 5.31. The van der Waals surface area contributed by atoms with Gasteiger partial charge in [0.25, 0.3) is 0 Å². The molecule has 0 radical (unpaired) electrons. The Morgan fingerprint density at radius 1 is 1.08 bits per heavy atom. The van der Waals surface area contributed by atoms with Gasteiger partial charge in [-0.15, -0.1) is 0 Å². The van der Waals surface area contributed by atoms with Crippen molar-refractivity contribution in [1.29, 1.82) is 0 Å². The van der Waals surface area contributed by atoms with Gasteiger partial charge >= 0.3 is 0 Å². The summed E-state index contributed by atoms with van der Waals surface area (Å²) in [5.74, 6) is 0.367. The van der Waals surface area contributed by atoms with Crippen molar-refractivity contribution in [1.82, 2.24) is 20.2 Å². The Bertz CT molecular complexity index is 734. The zero-order valence-corrected chi connectivity index (χ0v) is 15.2. The van der Waals surface area contributed by atoms with Gasteiger partial charge in [-0.25, -0.2) is 4.98 Å². The van der Waals surface area contributed by atoms with Crippen LogP contribution in [0.5, 0.6) is 0 Å². The molecule has 0 unspecified atom stereocenters. The Hall–Kier alpha value is -2.37. The van der Waals surface area contributed by atoms with E-state index in [9.17, 15) is 9.59 Å². The van der Waals surface area contributed by atoms with Crippen LogP contribution in [0.1, 0.15) is 44.9 Å². The Morgan fingerprint density at radius 2 is 1.88 bits per heavy atom. The van der Waals surface area contributed by atoms with E-state index in [1.165, 1.54) is 19.3 Å².